The average molecular weight is 429 g/mol. The SMILES string of the molecule is Cc1nc(C)c(-c2csc(NC(=O)CN3CCC(O)(c4ccccc4)CC3)n2)s1. The van der Waals surface area contributed by atoms with Gasteiger partial charge in [0.05, 0.1) is 33.4 Å². The van der Waals surface area contributed by atoms with E-state index in [9.17, 15) is 9.90 Å². The van der Waals surface area contributed by atoms with Crippen LogP contribution in [0.4, 0.5) is 5.13 Å². The van der Waals surface area contributed by atoms with Crippen LogP contribution >= 0.6 is 22.7 Å². The van der Waals surface area contributed by atoms with Crippen LogP contribution in [0, 0.1) is 13.8 Å². The Kier molecular flexibility index (Phi) is 5.78. The average Bonchev–Trinajstić information content (AvgIpc) is 3.30. The molecule has 1 saturated heterocycles. The monoisotopic (exact) mass is 428 g/mol. The van der Waals surface area contributed by atoms with Crippen LogP contribution in [0.3, 0.4) is 0 Å². The highest BCUT2D eigenvalue weighted by atomic mass is 32.1. The zero-order valence-corrected chi connectivity index (χ0v) is 18.1. The first-order valence-corrected chi connectivity index (χ1v) is 11.3. The topological polar surface area (TPSA) is 78.4 Å². The first-order valence-electron chi connectivity index (χ1n) is 9.63. The fourth-order valence-corrected chi connectivity index (χ4v) is 5.36. The number of likely N-dealkylation sites (tertiary alicyclic amines) is 1. The summed E-state index contributed by atoms with van der Waals surface area (Å²) < 4.78 is 0. The van der Waals surface area contributed by atoms with Crippen molar-refractivity contribution in [1.29, 1.82) is 0 Å². The van der Waals surface area contributed by atoms with Crippen molar-refractivity contribution in [2.45, 2.75) is 32.3 Å². The maximum atomic E-state index is 12.5. The van der Waals surface area contributed by atoms with Crippen LogP contribution in [-0.2, 0) is 10.4 Å². The largest absolute Gasteiger partial charge is 0.385 e. The predicted octanol–water partition coefficient (Wildman–Crippen LogP) is 3.81. The number of nitrogens with one attached hydrogen (secondary N) is 1. The number of thiazole rings is 2. The molecule has 1 aliphatic heterocycles. The summed E-state index contributed by atoms with van der Waals surface area (Å²) in [6, 6.07) is 9.78. The third-order valence-electron chi connectivity index (χ3n) is 5.25. The van der Waals surface area contributed by atoms with Crippen LogP contribution in [0.25, 0.3) is 10.6 Å². The Balaban J connectivity index is 1.31. The smallest absolute Gasteiger partial charge is 0.240 e. The van der Waals surface area contributed by atoms with E-state index in [2.05, 4.69) is 20.2 Å². The molecular formula is C21H24N4O2S2. The van der Waals surface area contributed by atoms with Crippen molar-refractivity contribution >= 4 is 33.7 Å². The second-order valence-corrected chi connectivity index (χ2v) is 9.47. The predicted molar refractivity (Wildman–Crippen MR) is 117 cm³/mol. The highest BCUT2D eigenvalue weighted by Crippen LogP contribution is 2.33. The van der Waals surface area contributed by atoms with Gasteiger partial charge in [0.15, 0.2) is 5.13 Å². The minimum Gasteiger partial charge on any atom is -0.385 e. The highest BCUT2D eigenvalue weighted by molar-refractivity contribution is 7.16. The first kappa shape index (κ1) is 20.2. The molecule has 2 aromatic heterocycles. The Morgan fingerprint density at radius 2 is 1.93 bits per heavy atom. The molecule has 4 rings (SSSR count). The molecule has 8 heteroatoms. The van der Waals surface area contributed by atoms with Gasteiger partial charge in [-0.3, -0.25) is 9.69 Å². The third kappa shape index (κ3) is 4.56. The number of aryl methyl sites for hydroxylation is 2. The molecule has 1 fully saturated rings. The van der Waals surface area contributed by atoms with E-state index in [0.29, 0.717) is 37.6 Å². The van der Waals surface area contributed by atoms with Gasteiger partial charge in [0.2, 0.25) is 5.91 Å². The van der Waals surface area contributed by atoms with Gasteiger partial charge >= 0.3 is 0 Å². The third-order valence-corrected chi connectivity index (χ3v) is 7.10. The van der Waals surface area contributed by atoms with E-state index in [0.717, 1.165) is 26.8 Å². The van der Waals surface area contributed by atoms with Crippen molar-refractivity contribution in [2.75, 3.05) is 25.0 Å². The number of benzene rings is 1. The van der Waals surface area contributed by atoms with Crippen LogP contribution < -0.4 is 5.32 Å². The second-order valence-electron chi connectivity index (χ2n) is 7.41. The molecule has 0 spiro atoms. The molecule has 0 unspecified atom stereocenters. The molecule has 29 heavy (non-hydrogen) atoms. The summed E-state index contributed by atoms with van der Waals surface area (Å²) in [5, 5.41) is 17.4. The number of carbonyl (C=O) groups is 1. The lowest BCUT2D eigenvalue weighted by atomic mass is 9.84. The number of hydrogen-bond acceptors (Lipinski definition) is 7. The molecule has 3 aromatic rings. The van der Waals surface area contributed by atoms with Crippen LogP contribution in [0.2, 0.25) is 0 Å². The Labute approximate surface area is 178 Å². The van der Waals surface area contributed by atoms with E-state index in [1.165, 1.54) is 11.3 Å². The molecule has 1 aromatic carbocycles. The minimum absolute atomic E-state index is 0.0757. The summed E-state index contributed by atoms with van der Waals surface area (Å²) in [5.74, 6) is -0.0757. The van der Waals surface area contributed by atoms with Gasteiger partial charge in [-0.15, -0.1) is 22.7 Å². The number of hydrogen-bond donors (Lipinski definition) is 2. The molecule has 0 bridgehead atoms. The van der Waals surface area contributed by atoms with Crippen molar-refractivity contribution in [3.63, 3.8) is 0 Å². The molecule has 152 valence electrons. The Bertz CT molecular complexity index is 991. The molecule has 2 N–H and O–H groups in total. The number of nitrogens with zero attached hydrogens (tertiary/aromatic N) is 3. The lowest BCUT2D eigenvalue weighted by Gasteiger charge is -2.38. The zero-order chi connectivity index (χ0) is 20.4. The summed E-state index contributed by atoms with van der Waals surface area (Å²) in [7, 11) is 0. The molecule has 3 heterocycles. The fraction of sp³-hybridized carbons (Fsp3) is 0.381. The normalized spacial score (nSPS) is 16.7. The highest BCUT2D eigenvalue weighted by Gasteiger charge is 2.34. The van der Waals surface area contributed by atoms with Gasteiger partial charge in [-0.2, -0.15) is 0 Å². The van der Waals surface area contributed by atoms with Crippen LogP contribution in [-0.4, -0.2) is 45.5 Å². The van der Waals surface area contributed by atoms with Gasteiger partial charge in [-0.1, -0.05) is 30.3 Å². The fourth-order valence-electron chi connectivity index (χ4n) is 3.68. The second kappa shape index (κ2) is 8.31. The van der Waals surface area contributed by atoms with Crippen molar-refractivity contribution < 1.29 is 9.90 Å². The van der Waals surface area contributed by atoms with E-state index >= 15 is 0 Å². The minimum atomic E-state index is -0.802. The van der Waals surface area contributed by atoms with Gasteiger partial charge in [0.1, 0.15) is 0 Å². The summed E-state index contributed by atoms with van der Waals surface area (Å²) in [5.41, 5.74) is 1.98. The molecule has 0 aliphatic carbocycles. The van der Waals surface area contributed by atoms with Crippen molar-refractivity contribution in [1.82, 2.24) is 14.9 Å². The zero-order valence-electron chi connectivity index (χ0n) is 16.5. The van der Waals surface area contributed by atoms with Gasteiger partial charge in [0, 0.05) is 18.5 Å². The van der Waals surface area contributed by atoms with Crippen molar-refractivity contribution in [2.24, 2.45) is 0 Å². The molecule has 6 nitrogen and oxygen atoms in total. The Hall–Kier alpha value is -2.13. The summed E-state index contributed by atoms with van der Waals surface area (Å²) >= 11 is 3.04. The number of amides is 1. The summed E-state index contributed by atoms with van der Waals surface area (Å²) in [6.07, 6.45) is 1.24. The maximum Gasteiger partial charge on any atom is 0.240 e. The van der Waals surface area contributed by atoms with Crippen LogP contribution in [0.15, 0.2) is 35.7 Å². The van der Waals surface area contributed by atoms with Crippen molar-refractivity contribution in [3.8, 4) is 10.6 Å². The number of aromatic nitrogens is 2. The molecule has 1 amide bonds. The Morgan fingerprint density at radius 1 is 1.21 bits per heavy atom. The lowest BCUT2D eigenvalue weighted by molar-refractivity contribution is -0.118. The molecule has 0 radical (unpaired) electrons. The van der Waals surface area contributed by atoms with Crippen LogP contribution in [0.5, 0.6) is 0 Å². The van der Waals surface area contributed by atoms with E-state index in [-0.39, 0.29) is 5.91 Å². The maximum absolute atomic E-state index is 12.5. The first-order chi connectivity index (χ1) is 13.9. The van der Waals surface area contributed by atoms with Gasteiger partial charge < -0.3 is 10.4 Å². The molecule has 0 saturated carbocycles. The van der Waals surface area contributed by atoms with E-state index < -0.39 is 5.60 Å². The lowest BCUT2D eigenvalue weighted by Crippen LogP contribution is -2.45. The van der Waals surface area contributed by atoms with Gasteiger partial charge in [-0.25, -0.2) is 9.97 Å². The van der Waals surface area contributed by atoms with Crippen molar-refractivity contribution in [3.05, 3.63) is 52.0 Å². The summed E-state index contributed by atoms with van der Waals surface area (Å²) in [6.45, 7) is 5.62. The number of carbonyl (C=O) groups excluding carboxylic acids is 1. The molecular weight excluding hydrogens is 404 g/mol. The van der Waals surface area contributed by atoms with E-state index in [1.54, 1.807) is 11.3 Å². The molecule has 0 atom stereocenters. The number of piperidine rings is 1. The van der Waals surface area contributed by atoms with Gasteiger partial charge in [-0.05, 0) is 32.3 Å². The molecule has 1 aliphatic rings. The standard InChI is InChI=1S/C21H24N4O2S2/c1-14-19(29-15(2)22-14)17-13-28-20(23-17)24-18(26)12-25-10-8-21(27,9-11-25)16-6-4-3-5-7-16/h3-7,13,27H,8-12H2,1-2H3,(H,23,24,26). The van der Waals surface area contributed by atoms with E-state index in [4.69, 9.17) is 0 Å². The Morgan fingerprint density at radius 3 is 2.59 bits per heavy atom. The van der Waals surface area contributed by atoms with Gasteiger partial charge in [0.25, 0.3) is 0 Å². The summed E-state index contributed by atoms with van der Waals surface area (Å²) in [4.78, 5) is 24.6. The number of aliphatic hydroxyl groups is 1. The van der Waals surface area contributed by atoms with Crippen LogP contribution in [0.1, 0.15) is 29.1 Å². The number of rotatable bonds is 5. The van der Waals surface area contributed by atoms with E-state index in [1.807, 2.05) is 49.6 Å². The quantitative estimate of drug-likeness (QED) is 0.646. The number of anilines is 1.